The van der Waals surface area contributed by atoms with Gasteiger partial charge in [-0.3, -0.25) is 0 Å². The zero-order chi connectivity index (χ0) is 13.5. The molecule has 1 saturated carbocycles. The second-order valence-electron chi connectivity index (χ2n) is 5.92. The van der Waals surface area contributed by atoms with E-state index < -0.39 is 0 Å². The van der Waals surface area contributed by atoms with Crippen LogP contribution in [0.25, 0.3) is 5.57 Å². The number of hydrogen-bond donors (Lipinski definition) is 1. The summed E-state index contributed by atoms with van der Waals surface area (Å²) in [6.45, 7) is 7.07. The summed E-state index contributed by atoms with van der Waals surface area (Å²) in [4.78, 5) is 0. The maximum atomic E-state index is 9.72. The fourth-order valence-corrected chi connectivity index (χ4v) is 3.66. The third-order valence-corrected chi connectivity index (χ3v) is 4.79. The van der Waals surface area contributed by atoms with Crippen LogP contribution in [0.3, 0.4) is 0 Å². The number of aliphatic hydroxyl groups excluding tert-OH is 1. The van der Waals surface area contributed by atoms with E-state index in [2.05, 4.69) is 18.7 Å². The van der Waals surface area contributed by atoms with Gasteiger partial charge in [0.1, 0.15) is 5.75 Å². The average molecular weight is 258 g/mol. The fraction of sp³-hybridized carbons (Fsp3) is 0.529. The van der Waals surface area contributed by atoms with E-state index in [1.165, 1.54) is 16.7 Å². The van der Waals surface area contributed by atoms with E-state index >= 15 is 0 Å². The minimum atomic E-state index is -0.110. The molecule has 0 bridgehead atoms. The molecule has 0 unspecified atom stereocenters. The molecule has 3 rings (SSSR count). The normalized spacial score (nSPS) is 29.6. The van der Waals surface area contributed by atoms with Crippen molar-refractivity contribution in [2.24, 2.45) is 5.41 Å². The number of rotatable bonds is 2. The maximum absolute atomic E-state index is 9.72. The van der Waals surface area contributed by atoms with Crippen LogP contribution in [0, 0.1) is 5.41 Å². The Morgan fingerprint density at radius 3 is 2.79 bits per heavy atom. The van der Waals surface area contributed by atoms with Crippen LogP contribution in [0.2, 0.25) is 0 Å². The van der Waals surface area contributed by atoms with Crippen molar-refractivity contribution in [3.8, 4) is 5.75 Å². The molecule has 2 aliphatic carbocycles. The molecule has 19 heavy (non-hydrogen) atoms. The van der Waals surface area contributed by atoms with Gasteiger partial charge < -0.3 is 9.84 Å². The van der Waals surface area contributed by atoms with Crippen LogP contribution in [-0.2, 0) is 6.42 Å². The lowest BCUT2D eigenvalue weighted by Crippen LogP contribution is -2.29. The molecule has 2 nitrogen and oxygen atoms in total. The summed E-state index contributed by atoms with van der Waals surface area (Å²) >= 11 is 0. The molecule has 0 radical (unpaired) electrons. The van der Waals surface area contributed by atoms with E-state index in [4.69, 9.17) is 4.74 Å². The van der Waals surface area contributed by atoms with Crippen LogP contribution in [0.1, 0.15) is 43.7 Å². The monoisotopic (exact) mass is 258 g/mol. The minimum Gasteiger partial charge on any atom is -0.494 e. The lowest BCUT2D eigenvalue weighted by molar-refractivity contribution is 0.0902. The van der Waals surface area contributed by atoms with Gasteiger partial charge in [0.05, 0.1) is 12.7 Å². The van der Waals surface area contributed by atoms with Crippen LogP contribution in [0.15, 0.2) is 24.8 Å². The molecule has 1 aromatic rings. The summed E-state index contributed by atoms with van der Waals surface area (Å²) in [5, 5.41) is 9.72. The Hall–Kier alpha value is -1.28. The Morgan fingerprint density at radius 2 is 2.11 bits per heavy atom. The van der Waals surface area contributed by atoms with Gasteiger partial charge in [0, 0.05) is 0 Å². The SMILES string of the molecule is C=C1c2ccc(OCC)cc2CC12CCC(O)CC2. The van der Waals surface area contributed by atoms with Crippen molar-refractivity contribution in [3.05, 3.63) is 35.9 Å². The van der Waals surface area contributed by atoms with Crippen molar-refractivity contribution in [3.63, 3.8) is 0 Å². The van der Waals surface area contributed by atoms with Gasteiger partial charge in [0.25, 0.3) is 0 Å². The second-order valence-corrected chi connectivity index (χ2v) is 5.92. The Bertz CT molecular complexity index is 496. The average Bonchev–Trinajstić information content (AvgIpc) is 2.67. The van der Waals surface area contributed by atoms with Crippen molar-refractivity contribution in [2.45, 2.75) is 45.1 Å². The highest BCUT2D eigenvalue weighted by molar-refractivity contribution is 5.76. The molecule has 1 aromatic carbocycles. The number of benzene rings is 1. The predicted octanol–water partition coefficient (Wildman–Crippen LogP) is 3.58. The summed E-state index contributed by atoms with van der Waals surface area (Å²) in [5.74, 6) is 0.960. The number of aliphatic hydroxyl groups is 1. The standard InChI is InChI=1S/C17H22O2/c1-3-19-15-4-5-16-12(2)17(11-13(16)10-15)8-6-14(18)7-9-17/h4-5,10,14,18H,2-3,6-9,11H2,1H3. The molecule has 102 valence electrons. The highest BCUT2D eigenvalue weighted by atomic mass is 16.5. The molecule has 0 amide bonds. The van der Waals surface area contributed by atoms with Crippen molar-refractivity contribution < 1.29 is 9.84 Å². The molecule has 1 spiro atoms. The third-order valence-electron chi connectivity index (χ3n) is 4.79. The zero-order valence-corrected chi connectivity index (χ0v) is 11.6. The van der Waals surface area contributed by atoms with E-state index in [1.54, 1.807) is 0 Å². The number of hydrogen-bond acceptors (Lipinski definition) is 2. The van der Waals surface area contributed by atoms with Crippen molar-refractivity contribution in [1.29, 1.82) is 0 Å². The molecular formula is C17H22O2. The number of ether oxygens (including phenoxy) is 1. The van der Waals surface area contributed by atoms with E-state index in [1.807, 2.05) is 13.0 Å². The summed E-state index contributed by atoms with van der Waals surface area (Å²) < 4.78 is 5.59. The number of fused-ring (bicyclic) bond motifs is 1. The molecule has 0 saturated heterocycles. The molecule has 0 heterocycles. The van der Waals surface area contributed by atoms with Gasteiger partial charge in [0.2, 0.25) is 0 Å². The van der Waals surface area contributed by atoms with Gasteiger partial charge in [-0.1, -0.05) is 12.6 Å². The Kier molecular flexibility index (Phi) is 3.14. The van der Waals surface area contributed by atoms with Gasteiger partial charge in [0.15, 0.2) is 0 Å². The fourth-order valence-electron chi connectivity index (χ4n) is 3.66. The minimum absolute atomic E-state index is 0.110. The van der Waals surface area contributed by atoms with E-state index in [0.717, 1.165) is 37.9 Å². The van der Waals surface area contributed by atoms with Crippen molar-refractivity contribution in [2.75, 3.05) is 6.61 Å². The first kappa shape index (κ1) is 12.7. The third kappa shape index (κ3) is 2.08. The first-order chi connectivity index (χ1) is 9.14. The highest BCUT2D eigenvalue weighted by Crippen LogP contribution is 2.54. The molecular weight excluding hydrogens is 236 g/mol. The molecule has 0 aliphatic heterocycles. The molecule has 0 aromatic heterocycles. The first-order valence-electron chi connectivity index (χ1n) is 7.28. The van der Waals surface area contributed by atoms with Gasteiger partial charge >= 0.3 is 0 Å². The summed E-state index contributed by atoms with van der Waals surface area (Å²) in [7, 11) is 0. The van der Waals surface area contributed by atoms with E-state index in [9.17, 15) is 5.11 Å². The van der Waals surface area contributed by atoms with Gasteiger partial charge in [-0.15, -0.1) is 0 Å². The maximum Gasteiger partial charge on any atom is 0.119 e. The van der Waals surface area contributed by atoms with Crippen LogP contribution in [0.5, 0.6) is 5.75 Å². The Morgan fingerprint density at radius 1 is 1.37 bits per heavy atom. The van der Waals surface area contributed by atoms with E-state index in [0.29, 0.717) is 6.61 Å². The predicted molar refractivity (Wildman–Crippen MR) is 77.3 cm³/mol. The largest absolute Gasteiger partial charge is 0.494 e. The lowest BCUT2D eigenvalue weighted by Gasteiger charge is -2.36. The summed E-state index contributed by atoms with van der Waals surface area (Å²) in [6, 6.07) is 6.37. The molecule has 2 aliphatic rings. The van der Waals surface area contributed by atoms with Crippen LogP contribution >= 0.6 is 0 Å². The number of allylic oxidation sites excluding steroid dienone is 1. The highest BCUT2D eigenvalue weighted by Gasteiger charge is 2.42. The van der Waals surface area contributed by atoms with Crippen molar-refractivity contribution >= 4 is 5.57 Å². The Balaban J connectivity index is 1.88. The quantitative estimate of drug-likeness (QED) is 0.878. The van der Waals surface area contributed by atoms with Gasteiger partial charge in [-0.05, 0) is 73.3 Å². The molecule has 1 N–H and O–H groups in total. The summed E-state index contributed by atoms with van der Waals surface area (Å²) in [5.41, 5.74) is 4.15. The van der Waals surface area contributed by atoms with Gasteiger partial charge in [-0.25, -0.2) is 0 Å². The van der Waals surface area contributed by atoms with Crippen LogP contribution in [0.4, 0.5) is 0 Å². The molecule has 2 heteroatoms. The second kappa shape index (κ2) is 4.68. The Labute approximate surface area is 115 Å². The zero-order valence-electron chi connectivity index (χ0n) is 11.6. The smallest absolute Gasteiger partial charge is 0.119 e. The van der Waals surface area contributed by atoms with E-state index in [-0.39, 0.29) is 11.5 Å². The first-order valence-corrected chi connectivity index (χ1v) is 7.28. The topological polar surface area (TPSA) is 29.5 Å². The summed E-state index contributed by atoms with van der Waals surface area (Å²) in [6.07, 6.45) is 4.89. The molecule has 0 atom stereocenters. The van der Waals surface area contributed by atoms with Crippen LogP contribution in [-0.4, -0.2) is 17.8 Å². The van der Waals surface area contributed by atoms with Gasteiger partial charge in [-0.2, -0.15) is 0 Å². The van der Waals surface area contributed by atoms with Crippen molar-refractivity contribution in [1.82, 2.24) is 0 Å². The molecule has 1 fully saturated rings. The van der Waals surface area contributed by atoms with Crippen LogP contribution < -0.4 is 4.74 Å². The lowest BCUT2D eigenvalue weighted by atomic mass is 9.69.